The molecular formula is C15H25FN2. The van der Waals surface area contributed by atoms with Gasteiger partial charge in [0, 0.05) is 11.6 Å². The lowest BCUT2D eigenvalue weighted by molar-refractivity contribution is 0.106. The van der Waals surface area contributed by atoms with Crippen LogP contribution < -0.4 is 5.73 Å². The molecule has 0 spiro atoms. The van der Waals surface area contributed by atoms with Gasteiger partial charge in [0.1, 0.15) is 5.82 Å². The third kappa shape index (κ3) is 3.53. The van der Waals surface area contributed by atoms with E-state index in [4.69, 9.17) is 5.73 Å². The highest BCUT2D eigenvalue weighted by atomic mass is 19.1. The van der Waals surface area contributed by atoms with E-state index in [1.54, 1.807) is 0 Å². The third-order valence-electron chi connectivity index (χ3n) is 3.85. The second-order valence-corrected chi connectivity index (χ2v) is 5.26. The molecule has 1 rings (SSSR count). The number of rotatable bonds is 6. The zero-order valence-electron chi connectivity index (χ0n) is 11.9. The second kappa shape index (κ2) is 6.30. The number of hydrogen-bond acceptors (Lipinski definition) is 2. The van der Waals surface area contributed by atoms with Crippen molar-refractivity contribution in [1.29, 1.82) is 0 Å². The molecule has 2 nitrogen and oxygen atoms in total. The van der Waals surface area contributed by atoms with Crippen molar-refractivity contribution in [3.8, 4) is 0 Å². The molecule has 1 aromatic carbocycles. The van der Waals surface area contributed by atoms with E-state index in [0.717, 1.165) is 25.1 Å². The van der Waals surface area contributed by atoms with Crippen LogP contribution in [0.15, 0.2) is 24.3 Å². The van der Waals surface area contributed by atoms with Gasteiger partial charge >= 0.3 is 0 Å². The van der Waals surface area contributed by atoms with Gasteiger partial charge in [-0.05, 0) is 51.1 Å². The molecule has 1 unspecified atom stereocenters. The number of nitrogens with two attached hydrogens (primary N) is 1. The summed E-state index contributed by atoms with van der Waals surface area (Å²) >= 11 is 0. The molecule has 0 amide bonds. The van der Waals surface area contributed by atoms with Crippen LogP contribution in [-0.4, -0.2) is 29.6 Å². The highest BCUT2D eigenvalue weighted by molar-refractivity contribution is 5.18. The Morgan fingerprint density at radius 3 is 2.11 bits per heavy atom. The molecule has 1 atom stereocenters. The first-order chi connectivity index (χ1) is 8.41. The topological polar surface area (TPSA) is 29.3 Å². The molecule has 0 aliphatic rings. The Hall–Kier alpha value is -0.930. The molecule has 0 radical (unpaired) electrons. The lowest BCUT2D eigenvalue weighted by Crippen LogP contribution is -2.56. The maximum absolute atomic E-state index is 12.9. The van der Waals surface area contributed by atoms with E-state index in [9.17, 15) is 4.39 Å². The zero-order valence-corrected chi connectivity index (χ0v) is 11.9. The van der Waals surface area contributed by atoms with E-state index in [1.165, 1.54) is 12.1 Å². The van der Waals surface area contributed by atoms with Crippen molar-refractivity contribution in [2.75, 3.05) is 13.1 Å². The average molecular weight is 252 g/mol. The predicted molar refractivity (Wildman–Crippen MR) is 75.1 cm³/mol. The van der Waals surface area contributed by atoms with E-state index in [0.29, 0.717) is 0 Å². The summed E-state index contributed by atoms with van der Waals surface area (Å²) in [4.78, 5) is 2.36. The standard InChI is InChI=1S/C15H25FN2/c1-5-18(6-2)15(3,4)14(17)11-12-7-9-13(16)10-8-12/h7-10,14H,5-6,11,17H2,1-4H3. The Kier molecular flexibility index (Phi) is 5.29. The number of likely N-dealkylation sites (N-methyl/N-ethyl adjacent to an activating group) is 1. The minimum atomic E-state index is -0.199. The highest BCUT2D eigenvalue weighted by Crippen LogP contribution is 2.20. The molecule has 102 valence electrons. The maximum atomic E-state index is 12.9. The lowest BCUT2D eigenvalue weighted by atomic mass is 9.88. The molecular weight excluding hydrogens is 227 g/mol. The Balaban J connectivity index is 2.74. The van der Waals surface area contributed by atoms with Crippen LogP contribution in [0.1, 0.15) is 33.3 Å². The van der Waals surface area contributed by atoms with Gasteiger partial charge in [-0.25, -0.2) is 4.39 Å². The van der Waals surface area contributed by atoms with Crippen molar-refractivity contribution in [3.63, 3.8) is 0 Å². The van der Waals surface area contributed by atoms with Crippen molar-refractivity contribution in [3.05, 3.63) is 35.6 Å². The summed E-state index contributed by atoms with van der Waals surface area (Å²) in [5, 5.41) is 0. The monoisotopic (exact) mass is 252 g/mol. The minimum absolute atomic E-state index is 0.0304. The van der Waals surface area contributed by atoms with Crippen LogP contribution in [0.2, 0.25) is 0 Å². The predicted octanol–water partition coefficient (Wildman–Crippen LogP) is 2.82. The minimum Gasteiger partial charge on any atom is -0.326 e. The summed E-state index contributed by atoms with van der Waals surface area (Å²) < 4.78 is 12.9. The van der Waals surface area contributed by atoms with E-state index < -0.39 is 0 Å². The van der Waals surface area contributed by atoms with Crippen LogP contribution in [0.3, 0.4) is 0 Å². The first-order valence-corrected chi connectivity index (χ1v) is 6.66. The largest absolute Gasteiger partial charge is 0.326 e. The molecule has 1 aromatic rings. The average Bonchev–Trinajstić information content (AvgIpc) is 2.33. The molecule has 2 N–H and O–H groups in total. The zero-order chi connectivity index (χ0) is 13.8. The van der Waals surface area contributed by atoms with E-state index >= 15 is 0 Å². The first kappa shape index (κ1) is 15.1. The molecule has 0 aliphatic carbocycles. The van der Waals surface area contributed by atoms with Gasteiger partial charge in [-0.15, -0.1) is 0 Å². The fourth-order valence-electron chi connectivity index (χ4n) is 2.40. The van der Waals surface area contributed by atoms with Crippen LogP contribution in [0.4, 0.5) is 4.39 Å². The van der Waals surface area contributed by atoms with Gasteiger partial charge in [0.25, 0.3) is 0 Å². The van der Waals surface area contributed by atoms with Crippen molar-refractivity contribution in [2.24, 2.45) is 5.73 Å². The van der Waals surface area contributed by atoms with Crippen molar-refractivity contribution in [1.82, 2.24) is 4.90 Å². The summed E-state index contributed by atoms with van der Waals surface area (Å²) in [6.07, 6.45) is 0.768. The number of halogens is 1. The molecule has 0 aliphatic heterocycles. The van der Waals surface area contributed by atoms with Gasteiger partial charge in [0.05, 0.1) is 0 Å². The van der Waals surface area contributed by atoms with Crippen LogP contribution >= 0.6 is 0 Å². The number of benzene rings is 1. The molecule has 0 heterocycles. The summed E-state index contributed by atoms with van der Waals surface area (Å²) in [5.41, 5.74) is 7.37. The van der Waals surface area contributed by atoms with Gasteiger partial charge in [0.2, 0.25) is 0 Å². The maximum Gasteiger partial charge on any atom is 0.123 e. The van der Waals surface area contributed by atoms with Crippen molar-refractivity contribution < 1.29 is 4.39 Å². The number of hydrogen-bond donors (Lipinski definition) is 1. The molecule has 0 bridgehead atoms. The molecule has 18 heavy (non-hydrogen) atoms. The van der Waals surface area contributed by atoms with E-state index in [2.05, 4.69) is 32.6 Å². The Morgan fingerprint density at radius 2 is 1.67 bits per heavy atom. The molecule has 0 saturated heterocycles. The smallest absolute Gasteiger partial charge is 0.123 e. The lowest BCUT2D eigenvalue weighted by Gasteiger charge is -2.42. The van der Waals surface area contributed by atoms with Crippen LogP contribution in [0.25, 0.3) is 0 Å². The van der Waals surface area contributed by atoms with Gasteiger partial charge < -0.3 is 5.73 Å². The molecule has 0 aromatic heterocycles. The summed E-state index contributed by atoms with van der Waals surface area (Å²) in [7, 11) is 0. The number of nitrogens with zero attached hydrogens (tertiary/aromatic N) is 1. The van der Waals surface area contributed by atoms with Gasteiger partial charge in [0.15, 0.2) is 0 Å². The van der Waals surface area contributed by atoms with E-state index in [-0.39, 0.29) is 17.4 Å². The first-order valence-electron chi connectivity index (χ1n) is 6.66. The van der Waals surface area contributed by atoms with Crippen LogP contribution in [0, 0.1) is 5.82 Å². The third-order valence-corrected chi connectivity index (χ3v) is 3.85. The Labute approximate surface area is 110 Å². The fourth-order valence-corrected chi connectivity index (χ4v) is 2.40. The summed E-state index contributed by atoms with van der Waals surface area (Å²) in [6.45, 7) is 10.6. The summed E-state index contributed by atoms with van der Waals surface area (Å²) in [6, 6.07) is 6.64. The highest BCUT2D eigenvalue weighted by Gasteiger charge is 2.31. The van der Waals surface area contributed by atoms with Crippen molar-refractivity contribution in [2.45, 2.75) is 45.7 Å². The van der Waals surface area contributed by atoms with Gasteiger partial charge in [-0.3, -0.25) is 4.90 Å². The van der Waals surface area contributed by atoms with Crippen LogP contribution in [0.5, 0.6) is 0 Å². The Morgan fingerprint density at radius 1 is 1.17 bits per heavy atom. The van der Waals surface area contributed by atoms with Gasteiger partial charge in [-0.2, -0.15) is 0 Å². The SMILES string of the molecule is CCN(CC)C(C)(C)C(N)Cc1ccc(F)cc1. The van der Waals surface area contributed by atoms with Gasteiger partial charge in [-0.1, -0.05) is 26.0 Å². The Bertz CT molecular complexity index is 355. The molecule has 3 heteroatoms. The normalized spacial score (nSPS) is 13.9. The van der Waals surface area contributed by atoms with Crippen molar-refractivity contribution >= 4 is 0 Å². The molecule has 0 fully saturated rings. The second-order valence-electron chi connectivity index (χ2n) is 5.26. The quantitative estimate of drug-likeness (QED) is 0.843. The summed E-state index contributed by atoms with van der Waals surface area (Å²) in [5.74, 6) is -0.199. The van der Waals surface area contributed by atoms with E-state index in [1.807, 2.05) is 12.1 Å². The van der Waals surface area contributed by atoms with Crippen LogP contribution in [-0.2, 0) is 6.42 Å². The fraction of sp³-hybridized carbons (Fsp3) is 0.600. The molecule has 0 saturated carbocycles.